The van der Waals surface area contributed by atoms with E-state index in [-0.39, 0.29) is 6.54 Å². The number of nitrogen functional groups attached to an aromatic ring is 1. The number of benzene rings is 1. The Morgan fingerprint density at radius 1 is 1.32 bits per heavy atom. The van der Waals surface area contributed by atoms with Gasteiger partial charge >= 0.3 is 0 Å². The highest BCUT2D eigenvalue weighted by molar-refractivity contribution is 7.89. The molecule has 6 heteroatoms. The summed E-state index contributed by atoms with van der Waals surface area (Å²) in [5, 5.41) is 9.93. The van der Waals surface area contributed by atoms with Crippen molar-refractivity contribution in [2.45, 2.75) is 37.7 Å². The molecule has 0 amide bonds. The minimum absolute atomic E-state index is 0.137. The number of hydrogen-bond donors (Lipinski definition) is 2. The van der Waals surface area contributed by atoms with Crippen LogP contribution in [0.15, 0.2) is 17.0 Å². The van der Waals surface area contributed by atoms with Crippen LogP contribution < -0.4 is 5.73 Å². The van der Waals surface area contributed by atoms with Gasteiger partial charge in [0, 0.05) is 18.8 Å². The smallest absolute Gasteiger partial charge is 0.243 e. The Labute approximate surface area is 114 Å². The summed E-state index contributed by atoms with van der Waals surface area (Å²) < 4.78 is 26.6. The third-order valence-electron chi connectivity index (χ3n) is 3.50. The van der Waals surface area contributed by atoms with Gasteiger partial charge in [0.1, 0.15) is 0 Å². The van der Waals surface area contributed by atoms with E-state index in [4.69, 9.17) is 5.73 Å². The Balaban J connectivity index is 2.47. The molecule has 0 aliphatic carbocycles. The summed E-state index contributed by atoms with van der Waals surface area (Å²) in [4.78, 5) is 0.305. The van der Waals surface area contributed by atoms with E-state index in [0.29, 0.717) is 34.7 Å². The fraction of sp³-hybridized carbons (Fsp3) is 0.538. The zero-order valence-electron chi connectivity index (χ0n) is 11.5. The lowest BCUT2D eigenvalue weighted by Gasteiger charge is -2.21. The van der Waals surface area contributed by atoms with E-state index in [1.165, 1.54) is 4.31 Å². The lowest BCUT2D eigenvalue weighted by atomic mass is 10.1. The summed E-state index contributed by atoms with van der Waals surface area (Å²) in [6, 6.07) is 3.32. The molecule has 0 radical (unpaired) electrons. The normalized spacial score (nSPS) is 24.8. The molecule has 0 spiro atoms. The van der Waals surface area contributed by atoms with Gasteiger partial charge in [-0.25, -0.2) is 8.42 Å². The number of hydrogen-bond acceptors (Lipinski definition) is 4. The lowest BCUT2D eigenvalue weighted by Crippen LogP contribution is -2.34. The first-order valence-electron chi connectivity index (χ1n) is 6.23. The van der Waals surface area contributed by atoms with Crippen molar-refractivity contribution in [3.8, 4) is 0 Å². The minimum atomic E-state index is -3.57. The second-order valence-electron chi connectivity index (χ2n) is 5.57. The maximum Gasteiger partial charge on any atom is 0.243 e. The highest BCUT2D eigenvalue weighted by Crippen LogP contribution is 2.31. The summed E-state index contributed by atoms with van der Waals surface area (Å²) in [6.45, 7) is 5.62. The molecule has 106 valence electrons. The van der Waals surface area contributed by atoms with Gasteiger partial charge in [0.15, 0.2) is 0 Å². The van der Waals surface area contributed by atoms with Crippen LogP contribution in [0.25, 0.3) is 0 Å². The molecule has 1 aliphatic heterocycles. The summed E-state index contributed by atoms with van der Waals surface area (Å²) in [7, 11) is -3.57. The Morgan fingerprint density at radius 2 is 1.84 bits per heavy atom. The molecular formula is C13H20N2O3S. The summed E-state index contributed by atoms with van der Waals surface area (Å²) >= 11 is 0. The number of rotatable bonds is 2. The number of sulfonamides is 1. The van der Waals surface area contributed by atoms with Crippen molar-refractivity contribution < 1.29 is 13.5 Å². The monoisotopic (exact) mass is 284 g/mol. The Hall–Kier alpha value is -1.11. The van der Waals surface area contributed by atoms with Crippen LogP contribution >= 0.6 is 0 Å². The molecule has 3 N–H and O–H groups in total. The molecule has 0 saturated carbocycles. The summed E-state index contributed by atoms with van der Waals surface area (Å²) in [5.41, 5.74) is 6.62. The Morgan fingerprint density at radius 3 is 2.26 bits per heavy atom. The molecule has 1 saturated heterocycles. The van der Waals surface area contributed by atoms with Gasteiger partial charge in [0.2, 0.25) is 10.0 Å². The van der Waals surface area contributed by atoms with Gasteiger partial charge in [-0.3, -0.25) is 0 Å². The average molecular weight is 284 g/mol. The van der Waals surface area contributed by atoms with Crippen molar-refractivity contribution in [3.05, 3.63) is 23.3 Å². The van der Waals surface area contributed by atoms with Crippen molar-refractivity contribution in [2.24, 2.45) is 0 Å². The maximum atomic E-state index is 12.6. The highest BCUT2D eigenvalue weighted by atomic mass is 32.2. The van der Waals surface area contributed by atoms with Gasteiger partial charge in [0.25, 0.3) is 0 Å². The van der Waals surface area contributed by atoms with Crippen LogP contribution in [-0.2, 0) is 10.0 Å². The SMILES string of the molecule is Cc1cc(N)cc(C)c1S(=O)(=O)N1CCC(C)(O)C1. The predicted molar refractivity (Wildman–Crippen MR) is 74.3 cm³/mol. The van der Waals surface area contributed by atoms with E-state index >= 15 is 0 Å². The second kappa shape index (κ2) is 4.47. The van der Waals surface area contributed by atoms with Crippen molar-refractivity contribution in [1.82, 2.24) is 4.31 Å². The first-order chi connectivity index (χ1) is 8.63. The molecule has 1 unspecified atom stereocenters. The van der Waals surface area contributed by atoms with E-state index in [1.54, 1.807) is 32.9 Å². The molecule has 19 heavy (non-hydrogen) atoms. The average Bonchev–Trinajstić information content (AvgIpc) is 2.57. The number of anilines is 1. The number of β-amino-alcohol motifs (C(OH)–C–C–N with tert-alkyl or cyclic N) is 1. The quantitative estimate of drug-likeness (QED) is 0.795. The molecule has 0 aromatic heterocycles. The van der Waals surface area contributed by atoms with Crippen LogP contribution in [0.5, 0.6) is 0 Å². The van der Waals surface area contributed by atoms with E-state index in [2.05, 4.69) is 0 Å². The van der Waals surface area contributed by atoms with Crippen LogP contribution in [-0.4, -0.2) is 36.5 Å². The van der Waals surface area contributed by atoms with Crippen molar-refractivity contribution in [1.29, 1.82) is 0 Å². The molecule has 1 aromatic carbocycles. The minimum Gasteiger partial charge on any atom is -0.399 e. The number of aliphatic hydroxyl groups is 1. The first-order valence-corrected chi connectivity index (χ1v) is 7.67. The van der Waals surface area contributed by atoms with Gasteiger partial charge in [-0.05, 0) is 50.5 Å². The van der Waals surface area contributed by atoms with Crippen LogP contribution in [0, 0.1) is 13.8 Å². The molecule has 0 bridgehead atoms. The van der Waals surface area contributed by atoms with Gasteiger partial charge in [0.05, 0.1) is 10.5 Å². The zero-order valence-corrected chi connectivity index (χ0v) is 12.3. The topological polar surface area (TPSA) is 83.6 Å². The highest BCUT2D eigenvalue weighted by Gasteiger charge is 2.39. The van der Waals surface area contributed by atoms with E-state index in [9.17, 15) is 13.5 Å². The van der Waals surface area contributed by atoms with Gasteiger partial charge in [-0.1, -0.05) is 0 Å². The standard InChI is InChI=1S/C13H20N2O3S/c1-9-6-11(14)7-10(2)12(9)19(17,18)15-5-4-13(3,16)8-15/h6-7,16H,4-5,8,14H2,1-3H3. The number of aryl methyl sites for hydroxylation is 2. The molecule has 1 aliphatic rings. The molecule has 1 atom stereocenters. The van der Waals surface area contributed by atoms with Crippen LogP contribution in [0.4, 0.5) is 5.69 Å². The van der Waals surface area contributed by atoms with Gasteiger partial charge < -0.3 is 10.8 Å². The second-order valence-corrected chi connectivity index (χ2v) is 7.44. The van der Waals surface area contributed by atoms with Gasteiger partial charge in [-0.2, -0.15) is 4.31 Å². The number of nitrogens with zero attached hydrogens (tertiary/aromatic N) is 1. The van der Waals surface area contributed by atoms with Crippen molar-refractivity contribution in [3.63, 3.8) is 0 Å². The molecule has 5 nitrogen and oxygen atoms in total. The third kappa shape index (κ3) is 2.61. The Kier molecular flexibility index (Phi) is 3.36. The van der Waals surface area contributed by atoms with Crippen LogP contribution in [0.1, 0.15) is 24.5 Å². The van der Waals surface area contributed by atoms with Crippen molar-refractivity contribution >= 4 is 15.7 Å². The largest absolute Gasteiger partial charge is 0.399 e. The molecule has 2 rings (SSSR count). The van der Waals surface area contributed by atoms with Crippen molar-refractivity contribution in [2.75, 3.05) is 18.8 Å². The fourth-order valence-corrected chi connectivity index (χ4v) is 4.60. The zero-order chi connectivity index (χ0) is 14.4. The summed E-state index contributed by atoms with van der Waals surface area (Å²) in [6.07, 6.45) is 0.458. The van der Waals surface area contributed by atoms with Crippen LogP contribution in [0.2, 0.25) is 0 Å². The van der Waals surface area contributed by atoms with Gasteiger partial charge in [-0.15, -0.1) is 0 Å². The number of nitrogens with two attached hydrogens (primary N) is 1. The third-order valence-corrected chi connectivity index (χ3v) is 5.65. The predicted octanol–water partition coefficient (Wildman–Crippen LogP) is 1.03. The molecule has 1 fully saturated rings. The first kappa shape index (κ1) is 14.3. The van der Waals surface area contributed by atoms with E-state index in [1.807, 2.05) is 0 Å². The fourth-order valence-electron chi connectivity index (χ4n) is 2.63. The molecule has 1 heterocycles. The summed E-state index contributed by atoms with van der Waals surface area (Å²) in [5.74, 6) is 0. The van der Waals surface area contributed by atoms with E-state index < -0.39 is 15.6 Å². The molecule has 1 aromatic rings. The lowest BCUT2D eigenvalue weighted by molar-refractivity contribution is 0.0762. The maximum absolute atomic E-state index is 12.6. The van der Waals surface area contributed by atoms with Crippen LogP contribution in [0.3, 0.4) is 0 Å². The van der Waals surface area contributed by atoms with E-state index in [0.717, 1.165) is 0 Å². The Bertz CT molecular complexity index is 585. The molecular weight excluding hydrogens is 264 g/mol.